The number of carbonyl (C=O) groups is 1. The third kappa shape index (κ3) is 4.50. The quantitative estimate of drug-likeness (QED) is 0.768. The number of fused-ring (bicyclic) bond motifs is 1. The van der Waals surface area contributed by atoms with E-state index in [2.05, 4.69) is 34.5 Å². The van der Waals surface area contributed by atoms with Crippen LogP contribution in [-0.2, 0) is 16.3 Å². The Balaban J connectivity index is 1.45. The van der Waals surface area contributed by atoms with Crippen molar-refractivity contribution in [3.05, 3.63) is 29.8 Å². The molecule has 2 aliphatic heterocycles. The SMILES string of the molecule is CCN(C(=O)NCCCN1CCCc2ccccc21)C1CCS(=O)(=O)C1. The molecule has 1 aromatic carbocycles. The number of nitrogens with zero attached hydrogens (tertiary/aromatic N) is 2. The van der Waals surface area contributed by atoms with Crippen LogP contribution in [0.25, 0.3) is 0 Å². The first-order chi connectivity index (χ1) is 12.5. The van der Waals surface area contributed by atoms with Crippen molar-refractivity contribution >= 4 is 21.6 Å². The van der Waals surface area contributed by atoms with Crippen molar-refractivity contribution in [2.75, 3.05) is 42.6 Å². The highest BCUT2D eigenvalue weighted by Crippen LogP contribution is 2.26. The van der Waals surface area contributed by atoms with Crippen LogP contribution in [0.5, 0.6) is 0 Å². The maximum Gasteiger partial charge on any atom is 0.317 e. The molecule has 2 heterocycles. The first kappa shape index (κ1) is 19.0. The van der Waals surface area contributed by atoms with Gasteiger partial charge in [-0.25, -0.2) is 13.2 Å². The van der Waals surface area contributed by atoms with Gasteiger partial charge in [0.2, 0.25) is 0 Å². The van der Waals surface area contributed by atoms with Gasteiger partial charge in [0, 0.05) is 37.9 Å². The average molecular weight is 380 g/mol. The Kier molecular flexibility index (Phi) is 6.06. The van der Waals surface area contributed by atoms with Gasteiger partial charge < -0.3 is 15.1 Å². The molecule has 0 bridgehead atoms. The van der Waals surface area contributed by atoms with Crippen LogP contribution in [-0.4, -0.2) is 63.1 Å². The summed E-state index contributed by atoms with van der Waals surface area (Å²) in [6, 6.07) is 8.20. The molecule has 6 nitrogen and oxygen atoms in total. The Bertz CT molecular complexity index is 735. The number of hydrogen-bond donors (Lipinski definition) is 1. The fourth-order valence-electron chi connectivity index (χ4n) is 4.00. The number of sulfone groups is 1. The van der Waals surface area contributed by atoms with Gasteiger partial charge in [0.1, 0.15) is 0 Å². The summed E-state index contributed by atoms with van der Waals surface area (Å²) in [6.07, 6.45) is 3.73. The molecule has 26 heavy (non-hydrogen) atoms. The van der Waals surface area contributed by atoms with E-state index in [4.69, 9.17) is 0 Å². The first-order valence-corrected chi connectivity index (χ1v) is 11.4. The van der Waals surface area contributed by atoms with Gasteiger partial charge in [0.15, 0.2) is 9.84 Å². The Morgan fingerprint density at radius 3 is 2.88 bits per heavy atom. The second-order valence-electron chi connectivity index (χ2n) is 7.15. The zero-order chi connectivity index (χ0) is 18.6. The number of rotatable bonds is 6. The molecule has 1 unspecified atom stereocenters. The number of anilines is 1. The van der Waals surface area contributed by atoms with E-state index in [9.17, 15) is 13.2 Å². The Labute approximate surface area is 156 Å². The topological polar surface area (TPSA) is 69.7 Å². The molecule has 144 valence electrons. The zero-order valence-corrected chi connectivity index (χ0v) is 16.3. The van der Waals surface area contributed by atoms with Crippen molar-refractivity contribution in [2.24, 2.45) is 0 Å². The summed E-state index contributed by atoms with van der Waals surface area (Å²) < 4.78 is 23.3. The molecule has 7 heteroatoms. The smallest absolute Gasteiger partial charge is 0.317 e. The molecule has 1 atom stereocenters. The molecular formula is C19H29N3O3S. The number of aryl methyl sites for hydroxylation is 1. The highest BCUT2D eigenvalue weighted by molar-refractivity contribution is 7.91. The molecule has 0 spiro atoms. The van der Waals surface area contributed by atoms with Gasteiger partial charge in [-0.3, -0.25) is 0 Å². The minimum Gasteiger partial charge on any atom is -0.371 e. The normalized spacial score (nSPS) is 21.3. The van der Waals surface area contributed by atoms with E-state index in [1.54, 1.807) is 4.90 Å². The molecule has 1 saturated heterocycles. The predicted octanol–water partition coefficient (Wildman–Crippen LogP) is 2.05. The van der Waals surface area contributed by atoms with E-state index in [1.807, 2.05) is 6.92 Å². The summed E-state index contributed by atoms with van der Waals surface area (Å²) in [5.41, 5.74) is 2.72. The molecule has 0 radical (unpaired) electrons. The second kappa shape index (κ2) is 8.29. The summed E-state index contributed by atoms with van der Waals surface area (Å²) in [5, 5.41) is 2.97. The van der Waals surface area contributed by atoms with Crippen molar-refractivity contribution in [2.45, 2.75) is 38.6 Å². The maximum absolute atomic E-state index is 12.4. The monoisotopic (exact) mass is 379 g/mol. The second-order valence-corrected chi connectivity index (χ2v) is 9.38. The lowest BCUT2D eigenvalue weighted by molar-refractivity contribution is 0.184. The number of carbonyl (C=O) groups excluding carboxylic acids is 1. The van der Waals surface area contributed by atoms with Gasteiger partial charge >= 0.3 is 6.03 Å². The molecule has 0 aromatic heterocycles. The largest absolute Gasteiger partial charge is 0.371 e. The highest BCUT2D eigenvalue weighted by Gasteiger charge is 2.33. The predicted molar refractivity (Wildman–Crippen MR) is 104 cm³/mol. The van der Waals surface area contributed by atoms with Gasteiger partial charge in [-0.1, -0.05) is 18.2 Å². The van der Waals surface area contributed by atoms with E-state index < -0.39 is 9.84 Å². The number of hydrogen-bond acceptors (Lipinski definition) is 4. The van der Waals surface area contributed by atoms with Crippen LogP contribution in [0.2, 0.25) is 0 Å². The summed E-state index contributed by atoms with van der Waals surface area (Å²) in [5.74, 6) is 0.286. The van der Waals surface area contributed by atoms with Crippen molar-refractivity contribution in [3.8, 4) is 0 Å². The summed E-state index contributed by atoms with van der Waals surface area (Å²) >= 11 is 0. The van der Waals surface area contributed by atoms with Crippen LogP contribution in [0.15, 0.2) is 24.3 Å². The van der Waals surface area contributed by atoms with Crippen LogP contribution in [0.1, 0.15) is 31.7 Å². The van der Waals surface area contributed by atoms with Crippen LogP contribution in [0, 0.1) is 0 Å². The number of nitrogens with one attached hydrogen (secondary N) is 1. The van der Waals surface area contributed by atoms with Crippen LogP contribution < -0.4 is 10.2 Å². The van der Waals surface area contributed by atoms with Gasteiger partial charge in [0.25, 0.3) is 0 Å². The fraction of sp³-hybridized carbons (Fsp3) is 0.632. The first-order valence-electron chi connectivity index (χ1n) is 9.58. The van der Waals surface area contributed by atoms with Crippen LogP contribution in [0.4, 0.5) is 10.5 Å². The van der Waals surface area contributed by atoms with Gasteiger partial charge in [-0.05, 0) is 44.2 Å². The molecule has 1 N–H and O–H groups in total. The average Bonchev–Trinajstić information content (AvgIpc) is 2.99. The third-order valence-electron chi connectivity index (χ3n) is 5.34. The maximum atomic E-state index is 12.4. The molecule has 1 aromatic rings. The number of urea groups is 1. The summed E-state index contributed by atoms with van der Waals surface area (Å²) in [7, 11) is -2.98. The number of benzene rings is 1. The minimum absolute atomic E-state index is 0.0961. The Morgan fingerprint density at radius 2 is 2.15 bits per heavy atom. The lowest BCUT2D eigenvalue weighted by Crippen LogP contribution is -2.47. The number of amides is 2. The van der Waals surface area contributed by atoms with Crippen LogP contribution in [0.3, 0.4) is 0 Å². The van der Waals surface area contributed by atoms with Crippen molar-refractivity contribution in [1.29, 1.82) is 0 Å². The Hall–Kier alpha value is -1.76. The van der Waals surface area contributed by atoms with Gasteiger partial charge in [-0.15, -0.1) is 0 Å². The van der Waals surface area contributed by atoms with Gasteiger partial charge in [0.05, 0.1) is 11.5 Å². The van der Waals surface area contributed by atoms with Crippen LogP contribution >= 0.6 is 0 Å². The Morgan fingerprint density at radius 1 is 1.35 bits per heavy atom. The minimum atomic E-state index is -2.98. The van der Waals surface area contributed by atoms with Gasteiger partial charge in [-0.2, -0.15) is 0 Å². The van der Waals surface area contributed by atoms with E-state index >= 15 is 0 Å². The third-order valence-corrected chi connectivity index (χ3v) is 7.09. The number of para-hydroxylation sites is 1. The summed E-state index contributed by atoms with van der Waals surface area (Å²) in [4.78, 5) is 16.5. The fourth-order valence-corrected chi connectivity index (χ4v) is 5.73. The van der Waals surface area contributed by atoms with Crippen molar-refractivity contribution in [1.82, 2.24) is 10.2 Å². The van der Waals surface area contributed by atoms with Crippen molar-refractivity contribution < 1.29 is 13.2 Å². The molecular weight excluding hydrogens is 350 g/mol. The van der Waals surface area contributed by atoms with E-state index in [0.29, 0.717) is 19.5 Å². The molecule has 0 saturated carbocycles. The molecule has 2 aliphatic rings. The standard InChI is InChI=1S/C19H29N3O3S/c1-2-22(17-10-14-26(24,25)15-17)19(23)20-11-6-13-21-12-5-8-16-7-3-4-9-18(16)21/h3-4,7,9,17H,2,5-6,8,10-15H2,1H3,(H,20,23). The molecule has 3 rings (SSSR count). The van der Waals surface area contributed by atoms with E-state index in [-0.39, 0.29) is 23.6 Å². The zero-order valence-electron chi connectivity index (χ0n) is 15.5. The highest BCUT2D eigenvalue weighted by atomic mass is 32.2. The molecule has 0 aliphatic carbocycles. The van der Waals surface area contributed by atoms with Crippen molar-refractivity contribution in [3.63, 3.8) is 0 Å². The lowest BCUT2D eigenvalue weighted by Gasteiger charge is -2.31. The van der Waals surface area contributed by atoms with E-state index in [0.717, 1.165) is 25.9 Å². The van der Waals surface area contributed by atoms with E-state index in [1.165, 1.54) is 17.7 Å². The summed E-state index contributed by atoms with van der Waals surface area (Å²) in [6.45, 7) is 5.02. The molecule has 1 fully saturated rings. The lowest BCUT2D eigenvalue weighted by atomic mass is 10.0. The molecule has 2 amide bonds.